The number of pyridine rings is 1. The maximum Gasteiger partial charge on any atom is 0.319 e. The molecule has 1 unspecified atom stereocenters. The van der Waals surface area contributed by atoms with E-state index >= 15 is 0 Å². The Balaban J connectivity index is 1.51. The molecule has 2 heterocycles. The highest BCUT2D eigenvalue weighted by Gasteiger charge is 2.34. The molecule has 170 valence electrons. The van der Waals surface area contributed by atoms with Crippen molar-refractivity contribution in [2.24, 2.45) is 0 Å². The van der Waals surface area contributed by atoms with Gasteiger partial charge in [0.25, 0.3) is 5.91 Å². The minimum absolute atomic E-state index is 0.0642. The number of piperidine rings is 1. The molecule has 4 rings (SSSR count). The molecule has 3 aromatic rings. The van der Waals surface area contributed by atoms with Gasteiger partial charge >= 0.3 is 6.03 Å². The van der Waals surface area contributed by atoms with Crippen LogP contribution in [-0.4, -0.2) is 48.1 Å². The van der Waals surface area contributed by atoms with Crippen molar-refractivity contribution in [3.8, 4) is 5.75 Å². The van der Waals surface area contributed by atoms with Crippen molar-refractivity contribution in [3.63, 3.8) is 0 Å². The van der Waals surface area contributed by atoms with E-state index in [0.717, 1.165) is 11.3 Å². The number of methoxy groups -OCH3 is 1. The summed E-state index contributed by atoms with van der Waals surface area (Å²) >= 11 is 5.92. The number of rotatable bonds is 5. The highest BCUT2D eigenvalue weighted by atomic mass is 35.5. The van der Waals surface area contributed by atoms with Crippen LogP contribution in [0.5, 0.6) is 5.75 Å². The average Bonchev–Trinajstić information content (AvgIpc) is 2.86. The van der Waals surface area contributed by atoms with Crippen LogP contribution in [0, 0.1) is 0 Å². The number of halogens is 1. The lowest BCUT2D eigenvalue weighted by Crippen LogP contribution is -2.52. The number of hydrogen-bond acceptors (Lipinski definition) is 4. The second kappa shape index (κ2) is 10.4. The molecule has 33 heavy (non-hydrogen) atoms. The van der Waals surface area contributed by atoms with Crippen LogP contribution >= 0.6 is 11.6 Å². The molecule has 8 heteroatoms. The maximum absolute atomic E-state index is 13.0. The van der Waals surface area contributed by atoms with Crippen molar-refractivity contribution in [3.05, 3.63) is 89.2 Å². The maximum atomic E-state index is 13.0. The number of anilines is 1. The van der Waals surface area contributed by atoms with E-state index in [9.17, 15) is 9.59 Å². The summed E-state index contributed by atoms with van der Waals surface area (Å²) in [4.78, 5) is 31.6. The van der Waals surface area contributed by atoms with Crippen LogP contribution in [0.2, 0.25) is 5.02 Å². The Bertz CT molecular complexity index is 1090. The average molecular weight is 465 g/mol. The Labute approximate surface area is 197 Å². The summed E-state index contributed by atoms with van der Waals surface area (Å²) in [7, 11) is 1.62. The summed E-state index contributed by atoms with van der Waals surface area (Å²) in [5.41, 5.74) is 2.23. The van der Waals surface area contributed by atoms with E-state index in [-0.39, 0.29) is 23.9 Å². The molecule has 3 amide bonds. The largest absolute Gasteiger partial charge is 0.497 e. The van der Waals surface area contributed by atoms with Gasteiger partial charge in [-0.1, -0.05) is 23.7 Å². The zero-order valence-electron chi connectivity index (χ0n) is 18.2. The molecule has 0 saturated carbocycles. The Morgan fingerprint density at radius 3 is 2.52 bits per heavy atom. The van der Waals surface area contributed by atoms with E-state index in [4.69, 9.17) is 16.3 Å². The van der Waals surface area contributed by atoms with Crippen LogP contribution in [0.1, 0.15) is 28.3 Å². The number of aromatic nitrogens is 1. The third kappa shape index (κ3) is 5.62. The second-order valence-corrected chi connectivity index (χ2v) is 8.31. The smallest absolute Gasteiger partial charge is 0.319 e. The number of benzene rings is 2. The normalized spacial score (nSPS) is 17.8. The lowest BCUT2D eigenvalue weighted by Gasteiger charge is -2.39. The highest BCUT2D eigenvalue weighted by Crippen LogP contribution is 2.30. The molecule has 2 aromatic carbocycles. The molecular formula is C25H25ClN4O3. The van der Waals surface area contributed by atoms with Gasteiger partial charge in [0.1, 0.15) is 5.75 Å². The van der Waals surface area contributed by atoms with E-state index < -0.39 is 0 Å². The predicted molar refractivity (Wildman–Crippen MR) is 128 cm³/mol. The first kappa shape index (κ1) is 22.6. The van der Waals surface area contributed by atoms with Crippen molar-refractivity contribution < 1.29 is 14.3 Å². The molecule has 0 aliphatic carbocycles. The van der Waals surface area contributed by atoms with Crippen LogP contribution in [0.25, 0.3) is 0 Å². The van der Waals surface area contributed by atoms with Gasteiger partial charge in [0.05, 0.1) is 12.7 Å². The first-order valence-electron chi connectivity index (χ1n) is 10.7. The van der Waals surface area contributed by atoms with Gasteiger partial charge in [0.15, 0.2) is 0 Å². The lowest BCUT2D eigenvalue weighted by molar-refractivity contribution is 0.0685. The number of carbonyl (C=O) groups excluding carboxylic acids is 2. The third-order valence-corrected chi connectivity index (χ3v) is 6.02. The zero-order chi connectivity index (χ0) is 23.2. The number of nitrogens with one attached hydrogen (secondary N) is 2. The molecule has 0 spiro atoms. The number of urea groups is 1. The molecular weight excluding hydrogens is 440 g/mol. The molecule has 1 saturated heterocycles. The van der Waals surface area contributed by atoms with Crippen LogP contribution < -0.4 is 15.4 Å². The molecule has 7 nitrogen and oxygen atoms in total. The quantitative estimate of drug-likeness (QED) is 0.579. The van der Waals surface area contributed by atoms with Gasteiger partial charge in [-0.25, -0.2) is 4.79 Å². The van der Waals surface area contributed by atoms with Crippen molar-refractivity contribution in [2.45, 2.75) is 18.4 Å². The van der Waals surface area contributed by atoms with E-state index in [2.05, 4.69) is 15.6 Å². The summed E-state index contributed by atoms with van der Waals surface area (Å²) in [6, 6.07) is 17.8. The highest BCUT2D eigenvalue weighted by molar-refractivity contribution is 6.30. The van der Waals surface area contributed by atoms with Gasteiger partial charge in [0.2, 0.25) is 0 Å². The van der Waals surface area contributed by atoms with E-state index in [1.165, 1.54) is 0 Å². The Kier molecular flexibility index (Phi) is 7.10. The second-order valence-electron chi connectivity index (χ2n) is 7.87. The summed E-state index contributed by atoms with van der Waals surface area (Å²) in [6.07, 6.45) is 3.84. The number of nitrogens with zero attached hydrogens (tertiary/aromatic N) is 2. The Hall–Kier alpha value is -3.58. The molecule has 2 N–H and O–H groups in total. The van der Waals surface area contributed by atoms with Gasteiger partial charge in [-0.2, -0.15) is 0 Å². The van der Waals surface area contributed by atoms with Gasteiger partial charge in [-0.15, -0.1) is 0 Å². The minimum atomic E-state index is -0.298. The third-order valence-electron chi connectivity index (χ3n) is 5.77. The Morgan fingerprint density at radius 2 is 1.85 bits per heavy atom. The van der Waals surface area contributed by atoms with Crippen LogP contribution in [-0.2, 0) is 0 Å². The van der Waals surface area contributed by atoms with Crippen LogP contribution in [0.15, 0.2) is 73.1 Å². The fraction of sp³-hybridized carbons (Fsp3) is 0.240. The predicted octanol–water partition coefficient (Wildman–Crippen LogP) is 4.56. The number of carbonyl (C=O) groups is 2. The Morgan fingerprint density at radius 1 is 1.09 bits per heavy atom. The van der Waals surface area contributed by atoms with Crippen molar-refractivity contribution in [1.82, 2.24) is 15.2 Å². The lowest BCUT2D eigenvalue weighted by atomic mass is 9.85. The minimum Gasteiger partial charge on any atom is -0.497 e. The standard InChI is InChI=1S/C25H25ClN4O3/c1-33-21-10-4-17(5-11-21)22-16-30(24(31)18-3-2-13-27-15-18)14-12-23(22)29-25(32)28-20-8-6-19(26)7-9-20/h2-11,13,15,22-23H,12,14,16H2,1H3,(H2,28,29,32)/t22?,23-/m1/s1. The van der Waals surface area contributed by atoms with Gasteiger partial charge < -0.3 is 20.3 Å². The number of ether oxygens (including phenoxy) is 1. The first-order valence-corrected chi connectivity index (χ1v) is 11.1. The van der Waals surface area contributed by atoms with Crippen LogP contribution in [0.3, 0.4) is 0 Å². The van der Waals surface area contributed by atoms with Gasteiger partial charge in [-0.3, -0.25) is 9.78 Å². The number of hydrogen-bond donors (Lipinski definition) is 2. The summed E-state index contributed by atoms with van der Waals surface area (Å²) in [5, 5.41) is 6.55. The molecule has 1 aliphatic rings. The monoisotopic (exact) mass is 464 g/mol. The first-order chi connectivity index (χ1) is 16.0. The molecule has 0 radical (unpaired) electrons. The fourth-order valence-electron chi connectivity index (χ4n) is 4.04. The number of amides is 3. The van der Waals surface area contributed by atoms with Gasteiger partial charge in [0, 0.05) is 48.2 Å². The van der Waals surface area contributed by atoms with Gasteiger partial charge in [-0.05, 0) is 60.5 Å². The van der Waals surface area contributed by atoms with Crippen LogP contribution in [0.4, 0.5) is 10.5 Å². The van der Waals surface area contributed by atoms with Crippen molar-refractivity contribution >= 4 is 29.2 Å². The molecule has 0 bridgehead atoms. The molecule has 2 atom stereocenters. The molecule has 1 aromatic heterocycles. The number of likely N-dealkylation sites (tertiary alicyclic amines) is 1. The van der Waals surface area contributed by atoms with Crippen molar-refractivity contribution in [1.29, 1.82) is 0 Å². The summed E-state index contributed by atoms with van der Waals surface area (Å²) < 4.78 is 5.28. The SMILES string of the molecule is COc1ccc(C2CN(C(=O)c3cccnc3)CC[C@H]2NC(=O)Nc2ccc(Cl)cc2)cc1. The fourth-order valence-corrected chi connectivity index (χ4v) is 4.16. The molecule has 1 aliphatic heterocycles. The zero-order valence-corrected chi connectivity index (χ0v) is 19.0. The van der Waals surface area contributed by atoms with E-state index in [0.29, 0.717) is 35.8 Å². The van der Waals surface area contributed by atoms with E-state index in [1.807, 2.05) is 29.2 Å². The topological polar surface area (TPSA) is 83.6 Å². The van der Waals surface area contributed by atoms with E-state index in [1.54, 1.807) is 55.9 Å². The van der Waals surface area contributed by atoms with Crippen molar-refractivity contribution in [2.75, 3.05) is 25.5 Å². The summed E-state index contributed by atoms with van der Waals surface area (Å²) in [5.74, 6) is 0.606. The molecule has 1 fully saturated rings. The summed E-state index contributed by atoms with van der Waals surface area (Å²) in [6.45, 7) is 1.01.